The summed E-state index contributed by atoms with van der Waals surface area (Å²) in [6.45, 7) is 4.87. The molecule has 0 heterocycles. The number of halogens is 1. The third kappa shape index (κ3) is 4.41. The van der Waals surface area contributed by atoms with Gasteiger partial charge in [0.1, 0.15) is 0 Å². The van der Waals surface area contributed by atoms with E-state index in [-0.39, 0.29) is 17.6 Å². The van der Waals surface area contributed by atoms with Gasteiger partial charge in [-0.05, 0) is 31.2 Å². The Morgan fingerprint density at radius 3 is 2.94 bits per heavy atom. The average Bonchev–Trinajstić information content (AvgIpc) is 2.32. The van der Waals surface area contributed by atoms with E-state index in [1.807, 2.05) is 13.8 Å². The molecule has 0 saturated heterocycles. The average molecular weight is 236 g/mol. The molecule has 0 radical (unpaired) electrons. The van der Waals surface area contributed by atoms with Gasteiger partial charge in [-0.1, -0.05) is 13.0 Å². The first-order valence-corrected chi connectivity index (χ1v) is 5.69. The van der Waals surface area contributed by atoms with Crippen LogP contribution in [0.4, 0.5) is 4.39 Å². The van der Waals surface area contributed by atoms with Gasteiger partial charge in [0, 0.05) is 6.42 Å². The fourth-order valence-corrected chi connectivity index (χ4v) is 1.47. The first-order chi connectivity index (χ1) is 8.17. The molecule has 0 aliphatic heterocycles. The first-order valence-electron chi connectivity index (χ1n) is 5.69. The number of aryl methyl sites for hydroxylation is 1. The van der Waals surface area contributed by atoms with Crippen LogP contribution < -0.4 is 10.1 Å². The highest BCUT2D eigenvalue weighted by molar-refractivity contribution is 5.29. The molecule has 4 heteroatoms. The standard InChI is InChI=1S/C13H17FN2O/c1-3-16-11(9-15)6-7-17-13-8-10(2)4-5-12(13)14/h4-5,8,11,16H,3,6-7H2,1-2H3. The van der Waals surface area contributed by atoms with Crippen molar-refractivity contribution in [1.82, 2.24) is 5.32 Å². The van der Waals surface area contributed by atoms with Crippen LogP contribution in [-0.2, 0) is 0 Å². The van der Waals surface area contributed by atoms with Gasteiger partial charge in [-0.15, -0.1) is 0 Å². The lowest BCUT2D eigenvalue weighted by atomic mass is 10.2. The van der Waals surface area contributed by atoms with E-state index < -0.39 is 0 Å². The van der Waals surface area contributed by atoms with Crippen LogP contribution in [0.15, 0.2) is 18.2 Å². The van der Waals surface area contributed by atoms with Gasteiger partial charge in [-0.2, -0.15) is 5.26 Å². The third-order valence-electron chi connectivity index (χ3n) is 2.36. The molecule has 17 heavy (non-hydrogen) atoms. The van der Waals surface area contributed by atoms with Crippen LogP contribution in [0.1, 0.15) is 18.9 Å². The van der Waals surface area contributed by atoms with Crippen LogP contribution in [-0.4, -0.2) is 19.2 Å². The highest BCUT2D eigenvalue weighted by Gasteiger charge is 2.07. The van der Waals surface area contributed by atoms with E-state index in [9.17, 15) is 4.39 Å². The molecule has 1 aromatic rings. The van der Waals surface area contributed by atoms with E-state index in [4.69, 9.17) is 10.00 Å². The van der Waals surface area contributed by atoms with Crippen LogP contribution in [0, 0.1) is 24.1 Å². The van der Waals surface area contributed by atoms with E-state index in [0.717, 1.165) is 12.1 Å². The Bertz CT molecular complexity index is 401. The van der Waals surface area contributed by atoms with Crippen molar-refractivity contribution in [1.29, 1.82) is 5.26 Å². The summed E-state index contributed by atoms with van der Waals surface area (Å²) < 4.78 is 18.6. The van der Waals surface area contributed by atoms with Crippen molar-refractivity contribution < 1.29 is 9.13 Å². The summed E-state index contributed by atoms with van der Waals surface area (Å²) in [5.41, 5.74) is 0.949. The summed E-state index contributed by atoms with van der Waals surface area (Å²) in [4.78, 5) is 0. The maximum absolute atomic E-state index is 13.3. The van der Waals surface area contributed by atoms with Crippen LogP contribution in [0.3, 0.4) is 0 Å². The van der Waals surface area contributed by atoms with E-state index in [1.54, 1.807) is 12.1 Å². The fraction of sp³-hybridized carbons (Fsp3) is 0.462. The molecule has 0 fully saturated rings. The number of nitrogens with one attached hydrogen (secondary N) is 1. The monoisotopic (exact) mass is 236 g/mol. The topological polar surface area (TPSA) is 45.0 Å². The van der Waals surface area contributed by atoms with Gasteiger partial charge in [0.25, 0.3) is 0 Å². The molecule has 1 atom stereocenters. The molecule has 1 rings (SSSR count). The first kappa shape index (κ1) is 13.5. The van der Waals surface area contributed by atoms with Gasteiger partial charge < -0.3 is 10.1 Å². The van der Waals surface area contributed by atoms with Crippen molar-refractivity contribution >= 4 is 0 Å². The van der Waals surface area contributed by atoms with Crippen LogP contribution >= 0.6 is 0 Å². The Hall–Kier alpha value is -1.60. The molecule has 0 aromatic heterocycles. The summed E-state index contributed by atoms with van der Waals surface area (Å²) in [5.74, 6) is -0.120. The molecule has 3 nitrogen and oxygen atoms in total. The Morgan fingerprint density at radius 2 is 2.29 bits per heavy atom. The van der Waals surface area contributed by atoms with Gasteiger partial charge in [0.2, 0.25) is 0 Å². The van der Waals surface area contributed by atoms with E-state index in [0.29, 0.717) is 13.0 Å². The lowest BCUT2D eigenvalue weighted by Crippen LogP contribution is -2.28. The molecule has 0 aliphatic carbocycles. The highest BCUT2D eigenvalue weighted by Crippen LogP contribution is 2.18. The third-order valence-corrected chi connectivity index (χ3v) is 2.36. The lowest BCUT2D eigenvalue weighted by molar-refractivity contribution is 0.285. The van der Waals surface area contributed by atoms with Gasteiger partial charge in [-0.25, -0.2) is 4.39 Å². The van der Waals surface area contributed by atoms with Crippen molar-refractivity contribution in [3.8, 4) is 11.8 Å². The van der Waals surface area contributed by atoms with Crippen LogP contribution in [0.2, 0.25) is 0 Å². The van der Waals surface area contributed by atoms with Crippen LogP contribution in [0.25, 0.3) is 0 Å². The minimum absolute atomic E-state index is 0.243. The number of nitriles is 1. The molecule has 1 unspecified atom stereocenters. The smallest absolute Gasteiger partial charge is 0.165 e. The van der Waals surface area contributed by atoms with Crippen molar-refractivity contribution in [3.05, 3.63) is 29.6 Å². The Labute approximate surface area is 101 Å². The van der Waals surface area contributed by atoms with Crippen molar-refractivity contribution in [2.24, 2.45) is 0 Å². The number of hydrogen-bond acceptors (Lipinski definition) is 3. The number of nitrogens with zero attached hydrogens (tertiary/aromatic N) is 1. The zero-order chi connectivity index (χ0) is 12.7. The van der Waals surface area contributed by atoms with Gasteiger partial charge in [0.05, 0.1) is 18.7 Å². The maximum Gasteiger partial charge on any atom is 0.165 e. The molecule has 0 aliphatic rings. The molecular formula is C13H17FN2O. The molecule has 0 saturated carbocycles. The summed E-state index contributed by atoms with van der Waals surface area (Å²) >= 11 is 0. The second-order valence-corrected chi connectivity index (χ2v) is 3.81. The molecular weight excluding hydrogens is 219 g/mol. The second kappa shape index (κ2) is 6.87. The number of rotatable bonds is 6. The van der Waals surface area contributed by atoms with Crippen molar-refractivity contribution in [3.63, 3.8) is 0 Å². The van der Waals surface area contributed by atoms with E-state index in [2.05, 4.69) is 11.4 Å². The Balaban J connectivity index is 2.45. The minimum Gasteiger partial charge on any atom is -0.490 e. The Morgan fingerprint density at radius 1 is 1.53 bits per heavy atom. The molecule has 1 N–H and O–H groups in total. The van der Waals surface area contributed by atoms with E-state index in [1.165, 1.54) is 6.07 Å². The number of benzene rings is 1. The van der Waals surface area contributed by atoms with Crippen LogP contribution in [0.5, 0.6) is 5.75 Å². The predicted octanol–water partition coefficient (Wildman–Crippen LogP) is 2.40. The van der Waals surface area contributed by atoms with E-state index >= 15 is 0 Å². The summed E-state index contributed by atoms with van der Waals surface area (Å²) in [5, 5.41) is 11.8. The van der Waals surface area contributed by atoms with Gasteiger partial charge >= 0.3 is 0 Å². The molecule has 0 bridgehead atoms. The minimum atomic E-state index is -0.368. The zero-order valence-corrected chi connectivity index (χ0v) is 10.2. The molecule has 0 spiro atoms. The number of hydrogen-bond donors (Lipinski definition) is 1. The summed E-state index contributed by atoms with van der Waals surface area (Å²) in [6, 6.07) is 6.62. The summed E-state index contributed by atoms with van der Waals surface area (Å²) in [7, 11) is 0. The molecule has 0 amide bonds. The maximum atomic E-state index is 13.3. The lowest BCUT2D eigenvalue weighted by Gasteiger charge is -2.11. The molecule has 92 valence electrons. The second-order valence-electron chi connectivity index (χ2n) is 3.81. The summed E-state index contributed by atoms with van der Waals surface area (Å²) in [6.07, 6.45) is 0.539. The highest BCUT2D eigenvalue weighted by atomic mass is 19.1. The van der Waals surface area contributed by atoms with Crippen molar-refractivity contribution in [2.75, 3.05) is 13.2 Å². The van der Waals surface area contributed by atoms with Crippen molar-refractivity contribution in [2.45, 2.75) is 26.3 Å². The SMILES string of the molecule is CCNC(C#N)CCOc1cc(C)ccc1F. The van der Waals surface area contributed by atoms with Gasteiger partial charge in [0.15, 0.2) is 11.6 Å². The fourth-order valence-electron chi connectivity index (χ4n) is 1.47. The van der Waals surface area contributed by atoms with Gasteiger partial charge in [-0.3, -0.25) is 0 Å². The largest absolute Gasteiger partial charge is 0.490 e. The molecule has 1 aromatic carbocycles. The Kier molecular flexibility index (Phi) is 5.44. The quantitative estimate of drug-likeness (QED) is 0.825. The zero-order valence-electron chi connectivity index (χ0n) is 10.2. The normalized spacial score (nSPS) is 11.9. The number of ether oxygens (including phenoxy) is 1. The predicted molar refractivity (Wildman–Crippen MR) is 64.3 cm³/mol.